The van der Waals surface area contributed by atoms with Gasteiger partial charge in [0.05, 0.1) is 12.1 Å². The second kappa shape index (κ2) is 11.1. The van der Waals surface area contributed by atoms with Crippen molar-refractivity contribution in [2.75, 3.05) is 0 Å². The summed E-state index contributed by atoms with van der Waals surface area (Å²) < 4.78 is 24.8. The van der Waals surface area contributed by atoms with E-state index in [1.54, 1.807) is 57.9 Å². The third-order valence-corrected chi connectivity index (χ3v) is 10.7. The summed E-state index contributed by atoms with van der Waals surface area (Å²) >= 11 is 0. The van der Waals surface area contributed by atoms with Crippen molar-refractivity contribution in [3.05, 3.63) is 131 Å². The highest BCUT2D eigenvalue weighted by Gasteiger charge is 2.70. The van der Waals surface area contributed by atoms with Gasteiger partial charge in [-0.05, 0) is 59.4 Å². The van der Waals surface area contributed by atoms with E-state index < -0.39 is 31.6 Å². The smallest absolute Gasteiger partial charge is 0.350 e. The molecule has 2 aliphatic rings. The van der Waals surface area contributed by atoms with E-state index in [-0.39, 0.29) is 24.6 Å². The van der Waals surface area contributed by atoms with E-state index in [1.165, 1.54) is 0 Å². The Bertz CT molecular complexity index is 1470. The van der Waals surface area contributed by atoms with Crippen molar-refractivity contribution in [2.24, 2.45) is 0 Å². The lowest BCUT2D eigenvalue weighted by Gasteiger charge is -2.46. The molecule has 5 atom stereocenters. The van der Waals surface area contributed by atoms with Crippen molar-refractivity contribution >= 4 is 7.67 Å². The first kappa shape index (κ1) is 27.7. The minimum atomic E-state index is -3.95. The zero-order valence-corrected chi connectivity index (χ0v) is 23.3. The third-order valence-electron chi connectivity index (χ3n) is 8.04. The number of phenols is 2. The fourth-order valence-electron chi connectivity index (χ4n) is 5.92. The normalized spacial score (nSPS) is 28.1. The van der Waals surface area contributed by atoms with Gasteiger partial charge in [0.1, 0.15) is 17.6 Å². The Morgan fingerprint density at radius 2 is 1.12 bits per heavy atom. The van der Waals surface area contributed by atoms with E-state index in [4.69, 9.17) is 4.52 Å². The van der Waals surface area contributed by atoms with Gasteiger partial charge in [-0.1, -0.05) is 84.9 Å². The number of fused-ring (bicyclic) bond motifs is 2. The summed E-state index contributed by atoms with van der Waals surface area (Å²) in [5, 5.41) is 43.8. The van der Waals surface area contributed by atoms with Gasteiger partial charge in [-0.2, -0.15) is 0 Å². The Morgan fingerprint density at radius 1 is 0.659 bits per heavy atom. The standard InChI is InChI=1S/C32H33N2O6P/c35-27-15-11-25(12-16-27)21-33-29(19-23-7-3-1-4-8-23)31(37)32(38)30(20-24-9-5-2-6-10-24)34(41(33,39)40-32)22-26-13-17-28(36)18-14-26/h1-18,29-31,35-38H,19-22H2/t29-,30-,31+,32+,41?/m1/s1. The van der Waals surface area contributed by atoms with Crippen molar-refractivity contribution < 1.29 is 29.5 Å². The molecule has 0 amide bonds. The minimum Gasteiger partial charge on any atom is -0.508 e. The fraction of sp³-hybridized carbons (Fsp3) is 0.250. The van der Waals surface area contributed by atoms with E-state index in [9.17, 15) is 20.4 Å². The van der Waals surface area contributed by atoms with Gasteiger partial charge >= 0.3 is 7.67 Å². The number of hydrogen-bond acceptors (Lipinski definition) is 6. The first-order valence-electron chi connectivity index (χ1n) is 13.7. The molecule has 2 saturated heterocycles. The summed E-state index contributed by atoms with van der Waals surface area (Å²) in [7, 11) is -3.95. The summed E-state index contributed by atoms with van der Waals surface area (Å²) in [6.07, 6.45) is -0.761. The van der Waals surface area contributed by atoms with Crippen LogP contribution in [0.15, 0.2) is 109 Å². The summed E-state index contributed by atoms with van der Waals surface area (Å²) in [6, 6.07) is 30.9. The predicted molar refractivity (Wildman–Crippen MR) is 155 cm³/mol. The molecule has 1 unspecified atom stereocenters. The average Bonchev–Trinajstić information content (AvgIpc) is 3.17. The van der Waals surface area contributed by atoms with E-state index in [1.807, 2.05) is 60.7 Å². The van der Waals surface area contributed by atoms with Gasteiger partial charge in [-0.3, -0.25) is 9.09 Å². The SMILES string of the molecule is O=P12O[C@](O)([C@@H](O)[C@@H](Cc3ccccc3)N1Cc1ccc(O)cc1)[C@@H](Cc1ccccc1)N2Cc1ccc(O)cc1. The van der Waals surface area contributed by atoms with Crippen LogP contribution >= 0.6 is 7.67 Å². The van der Waals surface area contributed by atoms with Crippen LogP contribution in [0.4, 0.5) is 0 Å². The molecule has 4 aromatic rings. The molecule has 2 heterocycles. The first-order chi connectivity index (χ1) is 19.8. The highest BCUT2D eigenvalue weighted by Crippen LogP contribution is 2.70. The van der Waals surface area contributed by atoms with Gasteiger partial charge in [0, 0.05) is 13.1 Å². The topological polar surface area (TPSA) is 114 Å². The van der Waals surface area contributed by atoms with Gasteiger partial charge < -0.3 is 20.4 Å². The number of benzene rings is 4. The lowest BCUT2D eigenvalue weighted by molar-refractivity contribution is -0.237. The zero-order valence-electron chi connectivity index (χ0n) is 22.4. The minimum absolute atomic E-state index is 0.114. The Morgan fingerprint density at radius 3 is 1.63 bits per heavy atom. The van der Waals surface area contributed by atoms with Crippen LogP contribution in [-0.2, 0) is 35.0 Å². The van der Waals surface area contributed by atoms with E-state index in [0.717, 1.165) is 22.3 Å². The van der Waals surface area contributed by atoms with Crippen LogP contribution in [0.25, 0.3) is 0 Å². The molecule has 2 fully saturated rings. The Labute approximate surface area is 239 Å². The first-order valence-corrected chi connectivity index (χ1v) is 15.2. The third kappa shape index (κ3) is 5.31. The second-order valence-electron chi connectivity index (χ2n) is 10.8. The highest BCUT2D eigenvalue weighted by molar-refractivity contribution is 7.54. The van der Waals surface area contributed by atoms with Gasteiger partial charge in [0.2, 0.25) is 5.79 Å². The van der Waals surface area contributed by atoms with Crippen molar-refractivity contribution in [3.63, 3.8) is 0 Å². The summed E-state index contributed by atoms with van der Waals surface area (Å²) in [5.41, 5.74) is 3.38. The molecule has 0 saturated carbocycles. The maximum atomic E-state index is 15.3. The van der Waals surface area contributed by atoms with Crippen molar-refractivity contribution in [2.45, 2.75) is 49.9 Å². The number of rotatable bonds is 8. The maximum absolute atomic E-state index is 15.3. The van der Waals surface area contributed by atoms with E-state index in [2.05, 4.69) is 0 Å². The number of nitrogens with zero attached hydrogens (tertiary/aromatic N) is 2. The van der Waals surface area contributed by atoms with Crippen molar-refractivity contribution in [3.8, 4) is 11.5 Å². The van der Waals surface area contributed by atoms with Crippen LogP contribution < -0.4 is 0 Å². The number of aliphatic hydroxyl groups is 2. The molecule has 0 aliphatic carbocycles. The van der Waals surface area contributed by atoms with Gasteiger partial charge in [-0.15, -0.1) is 0 Å². The van der Waals surface area contributed by atoms with Gasteiger partial charge in [0.25, 0.3) is 0 Å². The largest absolute Gasteiger partial charge is 0.508 e. The lowest BCUT2D eigenvalue weighted by atomic mass is 9.88. The number of phenolic OH excluding ortho intramolecular Hbond substituents is 2. The molecule has 4 N–H and O–H groups in total. The zero-order chi connectivity index (χ0) is 28.6. The molecule has 41 heavy (non-hydrogen) atoms. The number of aliphatic hydroxyl groups excluding tert-OH is 1. The summed E-state index contributed by atoms with van der Waals surface area (Å²) in [6.45, 7) is 0.320. The molecule has 0 aromatic heterocycles. The average molecular weight is 573 g/mol. The number of aromatic hydroxyl groups is 2. The highest BCUT2D eigenvalue weighted by atomic mass is 31.2. The van der Waals surface area contributed by atoms with E-state index in [0.29, 0.717) is 12.8 Å². The quantitative estimate of drug-likeness (QED) is 0.222. The summed E-state index contributed by atoms with van der Waals surface area (Å²) in [4.78, 5) is 0. The van der Waals surface area contributed by atoms with Crippen molar-refractivity contribution in [1.82, 2.24) is 9.34 Å². The molecule has 212 valence electrons. The number of hydrogen-bond donors (Lipinski definition) is 4. The molecular formula is C32H33N2O6P. The molecule has 2 bridgehead atoms. The van der Waals surface area contributed by atoms with Crippen LogP contribution in [0, 0.1) is 0 Å². The molecule has 8 nitrogen and oxygen atoms in total. The van der Waals surface area contributed by atoms with Crippen LogP contribution in [-0.4, -0.2) is 53.7 Å². The van der Waals surface area contributed by atoms with Gasteiger partial charge in [-0.25, -0.2) is 9.34 Å². The molecule has 6 rings (SSSR count). The van der Waals surface area contributed by atoms with Crippen LogP contribution in [0.3, 0.4) is 0 Å². The van der Waals surface area contributed by atoms with Crippen LogP contribution in [0.1, 0.15) is 22.3 Å². The Balaban J connectivity index is 1.47. The Kier molecular flexibility index (Phi) is 7.47. The van der Waals surface area contributed by atoms with E-state index >= 15 is 4.57 Å². The van der Waals surface area contributed by atoms with Crippen LogP contribution in [0.2, 0.25) is 0 Å². The molecule has 0 radical (unpaired) electrons. The summed E-state index contributed by atoms with van der Waals surface area (Å²) in [5.74, 6) is -1.88. The van der Waals surface area contributed by atoms with Crippen molar-refractivity contribution in [1.29, 1.82) is 0 Å². The molecule has 0 spiro atoms. The Hall–Kier alpha value is -3.49. The monoisotopic (exact) mass is 572 g/mol. The fourth-order valence-corrected chi connectivity index (χ4v) is 8.90. The molecule has 4 aromatic carbocycles. The molecule has 9 heteroatoms. The van der Waals surface area contributed by atoms with Gasteiger partial charge in [0.15, 0.2) is 0 Å². The molecular weight excluding hydrogens is 539 g/mol. The second-order valence-corrected chi connectivity index (χ2v) is 13.0. The lowest BCUT2D eigenvalue weighted by Crippen LogP contribution is -2.62. The van der Waals surface area contributed by atoms with Crippen LogP contribution in [0.5, 0.6) is 11.5 Å². The molecule has 2 aliphatic heterocycles. The predicted octanol–water partition coefficient (Wildman–Crippen LogP) is 4.83. The maximum Gasteiger partial charge on any atom is 0.350 e.